The highest BCUT2D eigenvalue weighted by molar-refractivity contribution is 5.92. The molecule has 1 aromatic heterocycles. The first-order valence-electron chi connectivity index (χ1n) is 8.32. The van der Waals surface area contributed by atoms with Crippen molar-refractivity contribution in [2.24, 2.45) is 0 Å². The van der Waals surface area contributed by atoms with Crippen LogP contribution >= 0.6 is 0 Å². The number of hydrogen-bond acceptors (Lipinski definition) is 4. The van der Waals surface area contributed by atoms with Gasteiger partial charge in [-0.2, -0.15) is 0 Å². The normalized spacial score (nSPS) is 14.3. The molecule has 1 heterocycles. The molecular weight excluding hydrogens is 276 g/mol. The van der Waals surface area contributed by atoms with Crippen molar-refractivity contribution in [1.82, 2.24) is 15.3 Å². The standard InChI is InChI=1S/C17H26N4O/c1-2-3-11-18-16(22)15-10-13-20-17(21-15)19-12-9-14-7-5-4-6-8-14/h7,10,13H,2-6,8-9,11-12H2,1H3,(H,18,22)(H,19,20,21). The molecule has 2 rings (SSSR count). The molecule has 22 heavy (non-hydrogen) atoms. The van der Waals surface area contributed by atoms with Gasteiger partial charge in [0.15, 0.2) is 0 Å². The second kappa shape index (κ2) is 9.18. The maximum atomic E-state index is 12.0. The van der Waals surface area contributed by atoms with Gasteiger partial charge in [0.05, 0.1) is 0 Å². The molecule has 0 aliphatic heterocycles. The van der Waals surface area contributed by atoms with Crippen LogP contribution in [0.2, 0.25) is 0 Å². The van der Waals surface area contributed by atoms with Crippen molar-refractivity contribution < 1.29 is 4.79 Å². The van der Waals surface area contributed by atoms with Gasteiger partial charge in [0, 0.05) is 19.3 Å². The van der Waals surface area contributed by atoms with Crippen LogP contribution in [0.15, 0.2) is 23.9 Å². The Kier molecular flexibility index (Phi) is 6.87. The van der Waals surface area contributed by atoms with E-state index < -0.39 is 0 Å². The predicted molar refractivity (Wildman–Crippen MR) is 88.9 cm³/mol. The number of hydrogen-bond donors (Lipinski definition) is 2. The van der Waals surface area contributed by atoms with Crippen LogP contribution in [-0.2, 0) is 0 Å². The molecule has 0 saturated carbocycles. The van der Waals surface area contributed by atoms with Crippen molar-refractivity contribution in [3.8, 4) is 0 Å². The number of carbonyl (C=O) groups is 1. The largest absolute Gasteiger partial charge is 0.354 e. The second-order valence-corrected chi connectivity index (χ2v) is 5.66. The van der Waals surface area contributed by atoms with Gasteiger partial charge < -0.3 is 10.6 Å². The zero-order valence-corrected chi connectivity index (χ0v) is 13.4. The molecule has 1 amide bonds. The minimum atomic E-state index is -0.131. The lowest BCUT2D eigenvalue weighted by Gasteiger charge is -2.13. The smallest absolute Gasteiger partial charge is 0.270 e. The zero-order chi connectivity index (χ0) is 15.6. The van der Waals surface area contributed by atoms with Crippen molar-refractivity contribution in [2.75, 3.05) is 18.4 Å². The Labute approximate surface area is 132 Å². The third kappa shape index (κ3) is 5.47. The van der Waals surface area contributed by atoms with E-state index in [1.807, 2.05) is 0 Å². The summed E-state index contributed by atoms with van der Waals surface area (Å²) in [5.74, 6) is 0.397. The number of rotatable bonds is 8. The van der Waals surface area contributed by atoms with Crippen LogP contribution in [0.1, 0.15) is 62.4 Å². The maximum Gasteiger partial charge on any atom is 0.270 e. The summed E-state index contributed by atoms with van der Waals surface area (Å²) in [6.45, 7) is 3.60. The molecule has 0 spiro atoms. The van der Waals surface area contributed by atoms with Crippen LogP contribution in [0.4, 0.5) is 5.95 Å². The van der Waals surface area contributed by atoms with Crippen molar-refractivity contribution >= 4 is 11.9 Å². The van der Waals surface area contributed by atoms with Gasteiger partial charge in [-0.05, 0) is 44.6 Å². The molecule has 1 aromatic rings. The van der Waals surface area contributed by atoms with Crippen LogP contribution in [0.3, 0.4) is 0 Å². The molecular formula is C17H26N4O. The Bertz CT molecular complexity index is 513. The first-order valence-corrected chi connectivity index (χ1v) is 8.32. The molecule has 0 saturated heterocycles. The molecule has 0 fully saturated rings. The fourth-order valence-corrected chi connectivity index (χ4v) is 2.51. The summed E-state index contributed by atoms with van der Waals surface area (Å²) < 4.78 is 0. The summed E-state index contributed by atoms with van der Waals surface area (Å²) in [7, 11) is 0. The van der Waals surface area contributed by atoms with E-state index in [0.29, 0.717) is 18.2 Å². The molecule has 0 atom stereocenters. The minimum absolute atomic E-state index is 0.131. The maximum absolute atomic E-state index is 12.0. The number of carbonyl (C=O) groups excluding carboxylic acids is 1. The number of nitrogens with zero attached hydrogens (tertiary/aromatic N) is 2. The molecule has 2 N–H and O–H groups in total. The van der Waals surface area contributed by atoms with Gasteiger partial charge in [-0.25, -0.2) is 9.97 Å². The van der Waals surface area contributed by atoms with Crippen LogP contribution in [0.5, 0.6) is 0 Å². The Balaban J connectivity index is 1.80. The zero-order valence-electron chi connectivity index (χ0n) is 13.4. The molecule has 1 aliphatic rings. The van der Waals surface area contributed by atoms with Gasteiger partial charge in [0.2, 0.25) is 5.95 Å². The average Bonchev–Trinajstić information content (AvgIpc) is 2.56. The van der Waals surface area contributed by atoms with Crippen molar-refractivity contribution in [3.05, 3.63) is 29.6 Å². The van der Waals surface area contributed by atoms with E-state index >= 15 is 0 Å². The van der Waals surface area contributed by atoms with Gasteiger partial charge in [-0.3, -0.25) is 4.79 Å². The highest BCUT2D eigenvalue weighted by atomic mass is 16.1. The van der Waals surface area contributed by atoms with Crippen molar-refractivity contribution in [3.63, 3.8) is 0 Å². The Morgan fingerprint density at radius 1 is 1.32 bits per heavy atom. The summed E-state index contributed by atoms with van der Waals surface area (Å²) in [5, 5.41) is 6.08. The van der Waals surface area contributed by atoms with Crippen LogP contribution in [0, 0.1) is 0 Å². The molecule has 1 aliphatic carbocycles. The van der Waals surface area contributed by atoms with E-state index in [2.05, 4.69) is 33.6 Å². The third-order valence-corrected chi connectivity index (χ3v) is 3.82. The molecule has 0 bridgehead atoms. The van der Waals surface area contributed by atoms with Gasteiger partial charge in [0.25, 0.3) is 5.91 Å². The highest BCUT2D eigenvalue weighted by Crippen LogP contribution is 2.19. The first-order chi connectivity index (χ1) is 10.8. The number of unbranched alkanes of at least 4 members (excludes halogenated alkanes) is 1. The van der Waals surface area contributed by atoms with E-state index in [1.165, 1.54) is 31.3 Å². The van der Waals surface area contributed by atoms with Crippen LogP contribution < -0.4 is 10.6 Å². The predicted octanol–water partition coefficient (Wildman–Crippen LogP) is 3.31. The minimum Gasteiger partial charge on any atom is -0.354 e. The Morgan fingerprint density at radius 3 is 3.00 bits per heavy atom. The second-order valence-electron chi connectivity index (χ2n) is 5.66. The number of aromatic nitrogens is 2. The monoisotopic (exact) mass is 302 g/mol. The number of anilines is 1. The summed E-state index contributed by atoms with van der Waals surface area (Å²) >= 11 is 0. The lowest BCUT2D eigenvalue weighted by Crippen LogP contribution is -2.25. The number of nitrogens with one attached hydrogen (secondary N) is 2. The van der Waals surface area contributed by atoms with E-state index in [4.69, 9.17) is 0 Å². The molecule has 0 unspecified atom stereocenters. The average molecular weight is 302 g/mol. The molecule has 0 radical (unpaired) electrons. The fraction of sp³-hybridized carbons (Fsp3) is 0.588. The SMILES string of the molecule is CCCCNC(=O)c1ccnc(NCCC2=CCCCC2)n1. The summed E-state index contributed by atoms with van der Waals surface area (Å²) in [6.07, 6.45) is 12.1. The summed E-state index contributed by atoms with van der Waals surface area (Å²) in [5.41, 5.74) is 1.94. The topological polar surface area (TPSA) is 66.9 Å². The van der Waals surface area contributed by atoms with Crippen LogP contribution in [0.25, 0.3) is 0 Å². The molecule has 0 aromatic carbocycles. The van der Waals surface area contributed by atoms with Crippen molar-refractivity contribution in [1.29, 1.82) is 0 Å². The first kappa shape index (κ1) is 16.5. The van der Waals surface area contributed by atoms with Crippen LogP contribution in [-0.4, -0.2) is 29.0 Å². The Hall–Kier alpha value is -1.91. The lowest BCUT2D eigenvalue weighted by atomic mass is 9.97. The van der Waals surface area contributed by atoms with E-state index in [0.717, 1.165) is 25.8 Å². The third-order valence-electron chi connectivity index (χ3n) is 3.82. The highest BCUT2D eigenvalue weighted by Gasteiger charge is 2.08. The van der Waals surface area contributed by atoms with Gasteiger partial charge in [-0.1, -0.05) is 25.0 Å². The summed E-state index contributed by atoms with van der Waals surface area (Å²) in [4.78, 5) is 20.4. The molecule has 5 nitrogen and oxygen atoms in total. The lowest BCUT2D eigenvalue weighted by molar-refractivity contribution is 0.0948. The Morgan fingerprint density at radius 2 is 2.23 bits per heavy atom. The van der Waals surface area contributed by atoms with E-state index in [9.17, 15) is 4.79 Å². The van der Waals surface area contributed by atoms with E-state index in [-0.39, 0.29) is 5.91 Å². The van der Waals surface area contributed by atoms with Crippen molar-refractivity contribution in [2.45, 2.75) is 51.9 Å². The number of amides is 1. The fourth-order valence-electron chi connectivity index (χ4n) is 2.51. The number of allylic oxidation sites excluding steroid dienone is 1. The molecule has 120 valence electrons. The van der Waals surface area contributed by atoms with Gasteiger partial charge >= 0.3 is 0 Å². The molecule has 5 heteroatoms. The van der Waals surface area contributed by atoms with Gasteiger partial charge in [-0.15, -0.1) is 0 Å². The summed E-state index contributed by atoms with van der Waals surface area (Å²) in [6, 6.07) is 1.65. The quantitative estimate of drug-likeness (QED) is 0.571. The van der Waals surface area contributed by atoms with E-state index in [1.54, 1.807) is 12.3 Å². The van der Waals surface area contributed by atoms with Gasteiger partial charge in [0.1, 0.15) is 5.69 Å².